The summed E-state index contributed by atoms with van der Waals surface area (Å²) in [7, 11) is 1.71. The average Bonchev–Trinajstić information content (AvgIpc) is 2.52. The summed E-state index contributed by atoms with van der Waals surface area (Å²) in [5.41, 5.74) is -1.00. The molecule has 1 aliphatic heterocycles. The van der Waals surface area contributed by atoms with E-state index in [0.29, 0.717) is 22.1 Å². The predicted molar refractivity (Wildman–Crippen MR) is 100 cm³/mol. The summed E-state index contributed by atoms with van der Waals surface area (Å²) < 4.78 is 16.5. The number of nitrogens with one attached hydrogen (secondary N) is 1. The van der Waals surface area contributed by atoms with E-state index in [9.17, 15) is 9.59 Å². The lowest BCUT2D eigenvalue weighted by molar-refractivity contribution is -0.159. The molecule has 1 heterocycles. The van der Waals surface area contributed by atoms with Crippen molar-refractivity contribution in [3.05, 3.63) is 17.2 Å². The second-order valence-corrected chi connectivity index (χ2v) is 7.58. The molecule has 0 spiro atoms. The van der Waals surface area contributed by atoms with Gasteiger partial charge in [0.15, 0.2) is 0 Å². The molecule has 0 aromatic heterocycles. The van der Waals surface area contributed by atoms with Crippen molar-refractivity contribution in [1.82, 2.24) is 0 Å². The molecule has 0 saturated carbocycles. The highest BCUT2D eigenvalue weighted by molar-refractivity contribution is 6.33. The lowest BCUT2D eigenvalue weighted by Crippen LogP contribution is -2.57. The Morgan fingerprint density at radius 2 is 2.04 bits per heavy atom. The predicted octanol–water partition coefficient (Wildman–Crippen LogP) is 3.84. The molecular weight excluding hydrogens is 360 g/mol. The summed E-state index contributed by atoms with van der Waals surface area (Å²) in [5.74, 6) is -0.216. The van der Waals surface area contributed by atoms with Crippen molar-refractivity contribution in [1.29, 1.82) is 0 Å². The zero-order valence-corrected chi connectivity index (χ0v) is 16.7. The molecule has 0 bridgehead atoms. The fraction of sp³-hybridized carbons (Fsp3) is 0.556. The van der Waals surface area contributed by atoms with Crippen molar-refractivity contribution < 1.29 is 23.8 Å². The van der Waals surface area contributed by atoms with Gasteiger partial charge >= 0.3 is 12.1 Å². The third kappa shape index (κ3) is 4.15. The number of esters is 1. The molecule has 1 unspecified atom stereocenters. The number of nitrogens with zero attached hydrogens (tertiary/aromatic N) is 1. The van der Waals surface area contributed by atoms with E-state index < -0.39 is 23.3 Å². The first kappa shape index (κ1) is 20.2. The topological polar surface area (TPSA) is 77.1 Å². The van der Waals surface area contributed by atoms with Crippen molar-refractivity contribution >= 4 is 35.0 Å². The van der Waals surface area contributed by atoms with Crippen LogP contribution in [-0.4, -0.2) is 43.5 Å². The minimum absolute atomic E-state index is 0.0526. The summed E-state index contributed by atoms with van der Waals surface area (Å²) in [6, 6.07) is 3.25. The zero-order valence-electron chi connectivity index (χ0n) is 15.9. The Bertz CT molecular complexity index is 716. The molecular formula is C18H25ClN2O5. The lowest BCUT2D eigenvalue weighted by atomic mass is 10.0. The minimum Gasteiger partial charge on any atom is -0.472 e. The Kier molecular flexibility index (Phi) is 5.61. The molecule has 1 aliphatic rings. The molecule has 1 N–H and O–H groups in total. The summed E-state index contributed by atoms with van der Waals surface area (Å²) in [4.78, 5) is 26.5. The Morgan fingerprint density at radius 1 is 1.38 bits per heavy atom. The number of ether oxygens (including phenoxy) is 3. The molecule has 26 heavy (non-hydrogen) atoms. The first-order valence-electron chi connectivity index (χ1n) is 8.39. The molecule has 1 atom stereocenters. The van der Waals surface area contributed by atoms with Gasteiger partial charge in [-0.2, -0.15) is 0 Å². The molecule has 7 nitrogen and oxygen atoms in total. The van der Waals surface area contributed by atoms with Crippen molar-refractivity contribution in [2.45, 2.75) is 45.8 Å². The highest BCUT2D eigenvalue weighted by Crippen LogP contribution is 2.43. The van der Waals surface area contributed by atoms with Crippen molar-refractivity contribution in [3.63, 3.8) is 0 Å². The van der Waals surface area contributed by atoms with Crippen LogP contribution in [0.25, 0.3) is 0 Å². The van der Waals surface area contributed by atoms with Crippen molar-refractivity contribution in [2.24, 2.45) is 0 Å². The molecule has 2 rings (SSSR count). The largest absolute Gasteiger partial charge is 0.472 e. The standard InChI is InChI=1S/C18H25ClN2O5/c1-7-24-15(22)18(5)10-21(16(23)26-17(2,3)4)13-8-11(19)12(20-6)9-14(13)25-18/h8-9,20H,7,10H2,1-6H3. The van der Waals surface area contributed by atoms with Crippen LogP contribution in [0.15, 0.2) is 12.1 Å². The fourth-order valence-electron chi connectivity index (χ4n) is 2.56. The Morgan fingerprint density at radius 3 is 2.58 bits per heavy atom. The first-order chi connectivity index (χ1) is 12.0. The van der Waals surface area contributed by atoms with E-state index in [2.05, 4.69) is 5.32 Å². The second-order valence-electron chi connectivity index (χ2n) is 7.17. The number of halogens is 1. The maximum absolute atomic E-state index is 12.7. The molecule has 0 radical (unpaired) electrons. The van der Waals surface area contributed by atoms with E-state index in [1.807, 2.05) is 0 Å². The fourth-order valence-corrected chi connectivity index (χ4v) is 2.81. The first-order valence-corrected chi connectivity index (χ1v) is 8.76. The van der Waals surface area contributed by atoms with Gasteiger partial charge in [0.1, 0.15) is 11.4 Å². The van der Waals surface area contributed by atoms with Crippen molar-refractivity contribution in [2.75, 3.05) is 30.4 Å². The molecule has 0 fully saturated rings. The average molecular weight is 385 g/mol. The van der Waals surface area contributed by atoms with Crippen LogP contribution in [0.3, 0.4) is 0 Å². The highest BCUT2D eigenvalue weighted by atomic mass is 35.5. The molecule has 8 heteroatoms. The van der Waals surface area contributed by atoms with Crippen LogP contribution in [-0.2, 0) is 14.3 Å². The van der Waals surface area contributed by atoms with Gasteiger partial charge in [-0.25, -0.2) is 9.59 Å². The number of fused-ring (bicyclic) bond motifs is 1. The Balaban J connectivity index is 2.51. The second kappa shape index (κ2) is 7.23. The Hall–Kier alpha value is -2.15. The number of anilines is 2. The quantitative estimate of drug-likeness (QED) is 0.798. The molecule has 144 valence electrons. The normalized spacial score (nSPS) is 19.3. The number of hydrogen-bond acceptors (Lipinski definition) is 6. The minimum atomic E-state index is -1.36. The monoisotopic (exact) mass is 384 g/mol. The van der Waals surface area contributed by atoms with Crippen LogP contribution >= 0.6 is 11.6 Å². The lowest BCUT2D eigenvalue weighted by Gasteiger charge is -2.40. The van der Waals surface area contributed by atoms with E-state index in [-0.39, 0.29) is 13.2 Å². The van der Waals surface area contributed by atoms with Gasteiger partial charge in [0.25, 0.3) is 0 Å². The molecule has 1 aromatic carbocycles. The van der Waals surface area contributed by atoms with E-state index >= 15 is 0 Å². The number of hydrogen-bond donors (Lipinski definition) is 1. The van der Waals surface area contributed by atoms with Crippen LogP contribution in [0.2, 0.25) is 5.02 Å². The van der Waals surface area contributed by atoms with E-state index in [4.69, 9.17) is 25.8 Å². The maximum atomic E-state index is 12.7. The van der Waals surface area contributed by atoms with Crippen molar-refractivity contribution in [3.8, 4) is 5.75 Å². The summed E-state index contributed by atoms with van der Waals surface area (Å²) >= 11 is 6.26. The number of carbonyl (C=O) groups is 2. The maximum Gasteiger partial charge on any atom is 0.415 e. The van der Waals surface area contributed by atoms with Gasteiger partial charge < -0.3 is 19.5 Å². The van der Waals surface area contributed by atoms with E-state index in [1.54, 1.807) is 53.8 Å². The van der Waals surface area contributed by atoms with Crippen LogP contribution in [0, 0.1) is 0 Å². The van der Waals surface area contributed by atoms with Gasteiger partial charge in [-0.3, -0.25) is 4.90 Å². The van der Waals surface area contributed by atoms with Gasteiger partial charge in [0, 0.05) is 13.1 Å². The third-order valence-electron chi connectivity index (χ3n) is 3.72. The van der Waals surface area contributed by atoms with Crippen LogP contribution in [0.1, 0.15) is 34.6 Å². The summed E-state index contributed by atoms with van der Waals surface area (Å²) in [5, 5.41) is 3.37. The van der Waals surface area contributed by atoms with Gasteiger partial charge in [0.05, 0.1) is 29.5 Å². The van der Waals surface area contributed by atoms with Crippen LogP contribution in [0.5, 0.6) is 5.75 Å². The smallest absolute Gasteiger partial charge is 0.415 e. The summed E-state index contributed by atoms with van der Waals surface area (Å²) in [6.45, 7) is 8.76. The molecule has 1 amide bonds. The van der Waals surface area contributed by atoms with Gasteiger partial charge in [0.2, 0.25) is 5.60 Å². The van der Waals surface area contributed by atoms with Gasteiger partial charge in [-0.15, -0.1) is 0 Å². The molecule has 1 aromatic rings. The SMILES string of the molecule is CCOC(=O)C1(C)CN(C(=O)OC(C)(C)C)c2cc(Cl)c(NC)cc2O1. The van der Waals surface area contributed by atoms with Gasteiger partial charge in [-0.1, -0.05) is 11.6 Å². The zero-order chi connectivity index (χ0) is 19.7. The van der Waals surface area contributed by atoms with Crippen LogP contribution in [0.4, 0.5) is 16.2 Å². The highest BCUT2D eigenvalue weighted by Gasteiger charge is 2.46. The number of rotatable bonds is 3. The van der Waals surface area contributed by atoms with E-state index in [0.717, 1.165) is 0 Å². The third-order valence-corrected chi connectivity index (χ3v) is 4.04. The van der Waals surface area contributed by atoms with Crippen LogP contribution < -0.4 is 15.0 Å². The summed E-state index contributed by atoms with van der Waals surface area (Å²) in [6.07, 6.45) is -0.592. The number of carbonyl (C=O) groups excluding carboxylic acids is 2. The number of benzene rings is 1. The number of amides is 1. The van der Waals surface area contributed by atoms with Gasteiger partial charge in [-0.05, 0) is 40.7 Å². The molecule has 0 aliphatic carbocycles. The van der Waals surface area contributed by atoms with E-state index in [1.165, 1.54) is 4.90 Å². The Labute approximate surface area is 158 Å². The molecule has 0 saturated heterocycles.